The van der Waals surface area contributed by atoms with Crippen molar-refractivity contribution in [1.29, 1.82) is 0 Å². The second-order valence-electron chi connectivity index (χ2n) is 6.20. The summed E-state index contributed by atoms with van der Waals surface area (Å²) in [6.45, 7) is 0.553. The fourth-order valence-electron chi connectivity index (χ4n) is 3.00. The molecule has 0 saturated heterocycles. The molecule has 5 rings (SSSR count). The van der Waals surface area contributed by atoms with Crippen molar-refractivity contribution in [3.63, 3.8) is 0 Å². The minimum absolute atomic E-state index is 0.553. The number of furan rings is 1. The molecule has 7 nitrogen and oxygen atoms in total. The molecule has 28 heavy (non-hydrogen) atoms. The van der Waals surface area contributed by atoms with Crippen LogP contribution < -0.4 is 0 Å². The van der Waals surface area contributed by atoms with E-state index in [1.807, 2.05) is 59.3 Å². The molecule has 5 heterocycles. The standard InChI is InChI=1S/C20H16N6OS/c1-2-9-25-12-16(22-18(25)7-1)14-28-20-24-23-19(15-5-3-8-21-11-15)26(20)13-17-6-4-10-27-17/h1-12H,13-14H2. The molecule has 0 amide bonds. The molecule has 0 aromatic carbocycles. The quantitative estimate of drug-likeness (QED) is 0.411. The van der Waals surface area contributed by atoms with Gasteiger partial charge in [0.05, 0.1) is 18.5 Å². The lowest BCUT2D eigenvalue weighted by molar-refractivity contribution is 0.485. The van der Waals surface area contributed by atoms with Crippen molar-refractivity contribution in [2.24, 2.45) is 0 Å². The first-order valence-corrected chi connectivity index (χ1v) is 9.77. The molecular weight excluding hydrogens is 372 g/mol. The average molecular weight is 388 g/mol. The predicted molar refractivity (Wildman–Crippen MR) is 106 cm³/mol. The van der Waals surface area contributed by atoms with Gasteiger partial charge in [-0.15, -0.1) is 10.2 Å². The maximum atomic E-state index is 5.54. The van der Waals surface area contributed by atoms with Gasteiger partial charge in [0.1, 0.15) is 11.4 Å². The van der Waals surface area contributed by atoms with Crippen LogP contribution in [0.5, 0.6) is 0 Å². The molecule has 5 aromatic rings. The molecule has 0 atom stereocenters. The molecule has 0 spiro atoms. The number of hydrogen-bond donors (Lipinski definition) is 0. The Morgan fingerprint density at radius 2 is 2.04 bits per heavy atom. The van der Waals surface area contributed by atoms with Gasteiger partial charge >= 0.3 is 0 Å². The highest BCUT2D eigenvalue weighted by Crippen LogP contribution is 2.27. The number of nitrogens with zero attached hydrogens (tertiary/aromatic N) is 6. The topological polar surface area (TPSA) is 74.0 Å². The Kier molecular flexibility index (Phi) is 4.38. The van der Waals surface area contributed by atoms with Crippen molar-refractivity contribution in [1.82, 2.24) is 29.1 Å². The third kappa shape index (κ3) is 3.29. The Morgan fingerprint density at radius 1 is 1.04 bits per heavy atom. The zero-order valence-electron chi connectivity index (χ0n) is 14.8. The molecule has 0 aliphatic carbocycles. The van der Waals surface area contributed by atoms with E-state index in [9.17, 15) is 0 Å². The smallest absolute Gasteiger partial charge is 0.192 e. The van der Waals surface area contributed by atoms with E-state index in [1.54, 1.807) is 30.4 Å². The van der Waals surface area contributed by atoms with Crippen LogP contribution in [0.3, 0.4) is 0 Å². The first-order chi connectivity index (χ1) is 13.9. The van der Waals surface area contributed by atoms with Crippen LogP contribution >= 0.6 is 11.8 Å². The SMILES string of the molecule is c1cncc(-c2nnc(SCc3cn4ccccc4n3)n2Cc2ccco2)c1. The highest BCUT2D eigenvalue weighted by molar-refractivity contribution is 7.98. The minimum atomic E-state index is 0.553. The van der Waals surface area contributed by atoms with Gasteiger partial charge in [-0.3, -0.25) is 9.55 Å². The number of rotatable bonds is 6. The number of pyridine rings is 2. The minimum Gasteiger partial charge on any atom is -0.467 e. The summed E-state index contributed by atoms with van der Waals surface area (Å²) in [5.74, 6) is 2.31. The van der Waals surface area contributed by atoms with Crippen LogP contribution in [0, 0.1) is 0 Å². The lowest BCUT2D eigenvalue weighted by atomic mass is 10.2. The maximum Gasteiger partial charge on any atom is 0.192 e. The van der Waals surface area contributed by atoms with Crippen molar-refractivity contribution in [3.8, 4) is 11.4 Å². The molecule has 0 aliphatic rings. The molecular formula is C20H16N6OS. The average Bonchev–Trinajstić information content (AvgIpc) is 3.47. The van der Waals surface area contributed by atoms with Gasteiger partial charge in [-0.1, -0.05) is 17.8 Å². The fourth-order valence-corrected chi connectivity index (χ4v) is 3.82. The van der Waals surface area contributed by atoms with Crippen molar-refractivity contribution in [2.75, 3.05) is 0 Å². The summed E-state index contributed by atoms with van der Waals surface area (Å²) in [4.78, 5) is 8.86. The van der Waals surface area contributed by atoms with Gasteiger partial charge in [0.2, 0.25) is 0 Å². The lowest BCUT2D eigenvalue weighted by Crippen LogP contribution is -2.03. The summed E-state index contributed by atoms with van der Waals surface area (Å²) >= 11 is 1.60. The third-order valence-corrected chi connectivity index (χ3v) is 5.29. The monoisotopic (exact) mass is 388 g/mol. The Bertz CT molecular complexity index is 1160. The van der Waals surface area contributed by atoms with E-state index >= 15 is 0 Å². The van der Waals surface area contributed by atoms with E-state index in [1.165, 1.54) is 0 Å². The normalized spacial score (nSPS) is 11.3. The molecule has 0 aliphatic heterocycles. The lowest BCUT2D eigenvalue weighted by Gasteiger charge is -2.08. The highest BCUT2D eigenvalue weighted by Gasteiger charge is 2.16. The van der Waals surface area contributed by atoms with Crippen LogP contribution in [-0.2, 0) is 12.3 Å². The number of hydrogen-bond acceptors (Lipinski definition) is 6. The van der Waals surface area contributed by atoms with Crippen molar-refractivity contribution in [2.45, 2.75) is 17.5 Å². The van der Waals surface area contributed by atoms with Crippen molar-refractivity contribution < 1.29 is 4.42 Å². The van der Waals surface area contributed by atoms with Crippen LogP contribution in [0.1, 0.15) is 11.5 Å². The second-order valence-corrected chi connectivity index (χ2v) is 7.14. The van der Waals surface area contributed by atoms with Crippen LogP contribution in [-0.4, -0.2) is 29.1 Å². The Labute approximate surface area is 165 Å². The second kappa shape index (κ2) is 7.32. The van der Waals surface area contributed by atoms with Gasteiger partial charge in [0.25, 0.3) is 0 Å². The molecule has 138 valence electrons. The zero-order valence-corrected chi connectivity index (χ0v) is 15.7. The summed E-state index contributed by atoms with van der Waals surface area (Å²) in [7, 11) is 0. The van der Waals surface area contributed by atoms with E-state index in [0.717, 1.165) is 33.6 Å². The van der Waals surface area contributed by atoms with Gasteiger partial charge < -0.3 is 8.82 Å². The number of thioether (sulfide) groups is 1. The largest absolute Gasteiger partial charge is 0.467 e. The molecule has 0 bridgehead atoms. The van der Waals surface area contributed by atoms with Gasteiger partial charge in [0, 0.05) is 36.1 Å². The third-order valence-electron chi connectivity index (χ3n) is 4.29. The summed E-state index contributed by atoms with van der Waals surface area (Å²) in [6.07, 6.45) is 9.25. The number of aromatic nitrogens is 6. The Balaban J connectivity index is 1.45. The first kappa shape index (κ1) is 16.8. The summed E-state index contributed by atoms with van der Waals surface area (Å²) in [6, 6.07) is 13.7. The van der Waals surface area contributed by atoms with E-state index in [2.05, 4.69) is 24.7 Å². The van der Waals surface area contributed by atoms with Crippen LogP contribution in [0.15, 0.2) is 83.1 Å². The Morgan fingerprint density at radius 3 is 2.86 bits per heavy atom. The van der Waals surface area contributed by atoms with E-state index < -0.39 is 0 Å². The van der Waals surface area contributed by atoms with E-state index in [0.29, 0.717) is 12.3 Å². The number of fused-ring (bicyclic) bond motifs is 1. The first-order valence-electron chi connectivity index (χ1n) is 8.78. The highest BCUT2D eigenvalue weighted by atomic mass is 32.2. The molecule has 0 unspecified atom stereocenters. The zero-order chi connectivity index (χ0) is 18.8. The molecule has 0 radical (unpaired) electrons. The van der Waals surface area contributed by atoms with Gasteiger partial charge in [0.15, 0.2) is 11.0 Å². The summed E-state index contributed by atoms with van der Waals surface area (Å²) in [5, 5.41) is 9.63. The van der Waals surface area contributed by atoms with Crippen molar-refractivity contribution >= 4 is 17.4 Å². The van der Waals surface area contributed by atoms with E-state index in [-0.39, 0.29) is 0 Å². The molecule has 0 saturated carbocycles. The van der Waals surface area contributed by atoms with Crippen molar-refractivity contribution in [3.05, 3.63) is 85.0 Å². The summed E-state index contributed by atoms with van der Waals surface area (Å²) < 4.78 is 9.61. The van der Waals surface area contributed by atoms with Gasteiger partial charge in [-0.05, 0) is 36.4 Å². The Hall–Kier alpha value is -3.39. The van der Waals surface area contributed by atoms with E-state index in [4.69, 9.17) is 4.42 Å². The molecule has 5 aromatic heterocycles. The van der Waals surface area contributed by atoms with Gasteiger partial charge in [-0.25, -0.2) is 4.98 Å². The number of imidazole rings is 1. The van der Waals surface area contributed by atoms with Crippen LogP contribution in [0.4, 0.5) is 0 Å². The summed E-state index contributed by atoms with van der Waals surface area (Å²) in [5.41, 5.74) is 2.85. The van der Waals surface area contributed by atoms with Gasteiger partial charge in [-0.2, -0.15) is 0 Å². The molecule has 0 N–H and O–H groups in total. The maximum absolute atomic E-state index is 5.54. The van der Waals surface area contributed by atoms with Crippen LogP contribution in [0.25, 0.3) is 17.0 Å². The molecule has 8 heteroatoms. The molecule has 0 fully saturated rings. The predicted octanol–water partition coefficient (Wildman–Crippen LogP) is 3.92. The van der Waals surface area contributed by atoms with Crippen LogP contribution in [0.2, 0.25) is 0 Å². The fraction of sp³-hybridized carbons (Fsp3) is 0.100.